The fourth-order valence-electron chi connectivity index (χ4n) is 2.85. The molecule has 152 valence electrons. The van der Waals surface area contributed by atoms with Crippen LogP contribution in [-0.4, -0.2) is 29.5 Å². The van der Waals surface area contributed by atoms with Gasteiger partial charge >= 0.3 is 6.09 Å². The second-order valence-electron chi connectivity index (χ2n) is 6.36. The summed E-state index contributed by atoms with van der Waals surface area (Å²) >= 11 is 0. The van der Waals surface area contributed by atoms with Gasteiger partial charge in [0.2, 0.25) is 10.0 Å². The number of primary amides is 1. The number of nitrogens with one attached hydrogen (secondary N) is 2. The number of rotatable bonds is 6. The van der Waals surface area contributed by atoms with Crippen molar-refractivity contribution < 1.29 is 17.9 Å². The largest absolute Gasteiger partial charge is 0.410 e. The van der Waals surface area contributed by atoms with E-state index in [9.17, 15) is 13.2 Å². The molecule has 1 amide bonds. The fraction of sp³-hybridized carbons (Fsp3) is 0.0500. The maximum absolute atomic E-state index is 12.5. The monoisotopic (exact) mass is 423 g/mol. The van der Waals surface area contributed by atoms with Crippen LogP contribution in [0.5, 0.6) is 5.75 Å². The molecule has 0 saturated carbocycles. The number of H-pyrrole nitrogens is 1. The first kappa shape index (κ1) is 19.6. The van der Waals surface area contributed by atoms with Crippen molar-refractivity contribution in [2.45, 2.75) is 11.4 Å². The summed E-state index contributed by atoms with van der Waals surface area (Å²) in [5.74, 6) is 0.833. The van der Waals surface area contributed by atoms with Crippen LogP contribution in [0.4, 0.5) is 4.79 Å². The molecule has 30 heavy (non-hydrogen) atoms. The first-order valence-electron chi connectivity index (χ1n) is 8.88. The number of hydrogen-bond donors (Lipinski definition) is 3. The van der Waals surface area contributed by atoms with Gasteiger partial charge in [-0.2, -0.15) is 0 Å². The zero-order valence-electron chi connectivity index (χ0n) is 15.6. The number of hydrogen-bond acceptors (Lipinski definition) is 6. The van der Waals surface area contributed by atoms with Gasteiger partial charge in [-0.25, -0.2) is 22.9 Å². The normalized spacial score (nSPS) is 11.5. The SMILES string of the molecule is NC(=O)Oc1ccc2[nH]c(-c3ccc(S(=O)(=O)NCc4ccccn4)cc3)nc2c1. The number of aromatic nitrogens is 3. The topological polar surface area (TPSA) is 140 Å². The smallest absolute Gasteiger partial charge is 0.409 e. The van der Waals surface area contributed by atoms with Crippen LogP contribution in [-0.2, 0) is 16.6 Å². The minimum absolute atomic E-state index is 0.101. The van der Waals surface area contributed by atoms with E-state index in [1.807, 2.05) is 0 Å². The molecule has 0 fully saturated rings. The number of fused-ring (bicyclic) bond motifs is 1. The third-order valence-corrected chi connectivity index (χ3v) is 5.70. The van der Waals surface area contributed by atoms with Crippen LogP contribution >= 0.6 is 0 Å². The highest BCUT2D eigenvalue weighted by atomic mass is 32.2. The second-order valence-corrected chi connectivity index (χ2v) is 8.12. The van der Waals surface area contributed by atoms with Gasteiger partial charge in [-0.15, -0.1) is 0 Å². The predicted octanol–water partition coefficient (Wildman–Crippen LogP) is 2.56. The molecule has 0 unspecified atom stereocenters. The average molecular weight is 423 g/mol. The number of ether oxygens (including phenoxy) is 1. The molecule has 9 nitrogen and oxygen atoms in total. The van der Waals surface area contributed by atoms with E-state index < -0.39 is 16.1 Å². The number of nitrogens with zero attached hydrogens (tertiary/aromatic N) is 2. The van der Waals surface area contributed by atoms with Crippen molar-refractivity contribution in [3.05, 3.63) is 72.6 Å². The van der Waals surface area contributed by atoms with E-state index in [4.69, 9.17) is 10.5 Å². The standard InChI is InChI=1S/C20H17N5O4S/c21-20(26)29-15-6-9-17-18(11-15)25-19(24-17)13-4-7-16(8-5-13)30(27,28)23-12-14-3-1-2-10-22-14/h1-11,23H,12H2,(H2,21,26)(H,24,25). The Morgan fingerprint density at radius 2 is 1.90 bits per heavy atom. The molecule has 10 heteroatoms. The lowest BCUT2D eigenvalue weighted by molar-refractivity contribution is 0.211. The number of carbonyl (C=O) groups excluding carboxylic acids is 1. The zero-order chi connectivity index (χ0) is 21.1. The van der Waals surface area contributed by atoms with Gasteiger partial charge in [-0.1, -0.05) is 6.07 Å². The predicted molar refractivity (Wildman–Crippen MR) is 110 cm³/mol. The first-order chi connectivity index (χ1) is 14.4. The van der Waals surface area contributed by atoms with Crippen molar-refractivity contribution in [3.8, 4) is 17.1 Å². The highest BCUT2D eigenvalue weighted by Crippen LogP contribution is 2.25. The minimum atomic E-state index is -3.68. The molecular formula is C20H17N5O4S. The molecule has 2 aromatic carbocycles. The Morgan fingerprint density at radius 1 is 1.10 bits per heavy atom. The van der Waals surface area contributed by atoms with Crippen molar-refractivity contribution in [1.29, 1.82) is 0 Å². The zero-order valence-corrected chi connectivity index (χ0v) is 16.4. The van der Waals surface area contributed by atoms with Crippen molar-refractivity contribution in [1.82, 2.24) is 19.7 Å². The van der Waals surface area contributed by atoms with E-state index in [0.29, 0.717) is 22.6 Å². The Balaban J connectivity index is 1.53. The number of benzene rings is 2. The maximum atomic E-state index is 12.5. The molecule has 0 aliphatic heterocycles. The Morgan fingerprint density at radius 3 is 2.60 bits per heavy atom. The fourth-order valence-corrected chi connectivity index (χ4v) is 3.85. The Kier molecular flexibility index (Phi) is 5.17. The summed E-state index contributed by atoms with van der Waals surface area (Å²) in [7, 11) is -3.68. The van der Waals surface area contributed by atoms with Gasteiger partial charge in [0.1, 0.15) is 11.6 Å². The molecule has 4 aromatic rings. The lowest BCUT2D eigenvalue weighted by Crippen LogP contribution is -2.23. The highest BCUT2D eigenvalue weighted by molar-refractivity contribution is 7.89. The van der Waals surface area contributed by atoms with Crippen molar-refractivity contribution >= 4 is 27.1 Å². The molecule has 0 spiro atoms. The van der Waals surface area contributed by atoms with Crippen LogP contribution < -0.4 is 15.2 Å². The van der Waals surface area contributed by atoms with Crippen LogP contribution in [0.1, 0.15) is 5.69 Å². The third-order valence-electron chi connectivity index (χ3n) is 4.28. The summed E-state index contributed by atoms with van der Waals surface area (Å²) in [6.07, 6.45) is 0.702. The van der Waals surface area contributed by atoms with Crippen molar-refractivity contribution in [3.63, 3.8) is 0 Å². The molecule has 0 aliphatic carbocycles. The minimum Gasteiger partial charge on any atom is -0.410 e. The van der Waals surface area contributed by atoms with Gasteiger partial charge in [0, 0.05) is 17.8 Å². The number of sulfonamides is 1. The first-order valence-corrected chi connectivity index (χ1v) is 10.4. The highest BCUT2D eigenvalue weighted by Gasteiger charge is 2.15. The van der Waals surface area contributed by atoms with Gasteiger partial charge in [0.15, 0.2) is 0 Å². The van der Waals surface area contributed by atoms with E-state index in [2.05, 4.69) is 19.7 Å². The molecule has 4 N–H and O–H groups in total. The van der Waals surface area contributed by atoms with Gasteiger partial charge in [-0.05, 0) is 48.5 Å². The van der Waals surface area contributed by atoms with E-state index >= 15 is 0 Å². The summed E-state index contributed by atoms with van der Waals surface area (Å²) in [4.78, 5) is 22.7. The van der Waals surface area contributed by atoms with Crippen LogP contribution in [0.15, 0.2) is 71.8 Å². The Labute approximate surface area is 172 Å². The number of aromatic amines is 1. The summed E-state index contributed by atoms with van der Waals surface area (Å²) in [6.45, 7) is 0.101. The number of imidazole rings is 1. The molecule has 0 atom stereocenters. The summed E-state index contributed by atoms with van der Waals surface area (Å²) in [6, 6.07) is 16.5. The Bertz CT molecular complexity index is 1300. The van der Waals surface area contributed by atoms with Gasteiger partial charge in [0.05, 0.1) is 28.2 Å². The molecule has 0 bridgehead atoms. The van der Waals surface area contributed by atoms with E-state index in [1.54, 1.807) is 54.7 Å². The molecule has 0 radical (unpaired) electrons. The number of nitrogens with two attached hydrogens (primary N) is 1. The summed E-state index contributed by atoms with van der Waals surface area (Å²) < 4.78 is 32.4. The molecule has 0 saturated heterocycles. The Hall–Kier alpha value is -3.76. The van der Waals surface area contributed by atoms with Crippen molar-refractivity contribution in [2.24, 2.45) is 5.73 Å². The maximum Gasteiger partial charge on any atom is 0.409 e. The van der Waals surface area contributed by atoms with Crippen LogP contribution in [0.25, 0.3) is 22.4 Å². The number of carbonyl (C=O) groups is 1. The molecule has 2 aromatic heterocycles. The van der Waals surface area contributed by atoms with Crippen LogP contribution in [0, 0.1) is 0 Å². The lowest BCUT2D eigenvalue weighted by atomic mass is 10.2. The van der Waals surface area contributed by atoms with Gasteiger partial charge in [-0.3, -0.25) is 4.98 Å². The summed E-state index contributed by atoms with van der Waals surface area (Å²) in [5, 5.41) is 0. The van der Waals surface area contributed by atoms with E-state index in [-0.39, 0.29) is 17.2 Å². The molecular weight excluding hydrogens is 406 g/mol. The number of pyridine rings is 1. The van der Waals surface area contributed by atoms with E-state index in [0.717, 1.165) is 5.52 Å². The molecule has 4 rings (SSSR count). The van der Waals surface area contributed by atoms with Crippen molar-refractivity contribution in [2.75, 3.05) is 0 Å². The molecule has 0 aliphatic rings. The lowest BCUT2D eigenvalue weighted by Gasteiger charge is -2.07. The summed E-state index contributed by atoms with van der Waals surface area (Å²) in [5.41, 5.74) is 7.66. The number of amides is 1. The van der Waals surface area contributed by atoms with Gasteiger partial charge < -0.3 is 15.5 Å². The van der Waals surface area contributed by atoms with E-state index in [1.165, 1.54) is 12.1 Å². The third kappa shape index (κ3) is 4.29. The quantitative estimate of drug-likeness (QED) is 0.435. The van der Waals surface area contributed by atoms with Crippen LogP contribution in [0.3, 0.4) is 0 Å². The average Bonchev–Trinajstić information content (AvgIpc) is 3.16. The van der Waals surface area contributed by atoms with Crippen LogP contribution in [0.2, 0.25) is 0 Å². The van der Waals surface area contributed by atoms with Gasteiger partial charge in [0.25, 0.3) is 0 Å². The second kappa shape index (κ2) is 7.93. The molecule has 2 heterocycles.